The molecule has 0 aromatic carbocycles. The summed E-state index contributed by atoms with van der Waals surface area (Å²) in [4.78, 5) is 2.50. The second kappa shape index (κ2) is 4.61. The average molecular weight is 183 g/mol. The van der Waals surface area contributed by atoms with E-state index in [1.807, 2.05) is 0 Å². The number of rotatable bonds is 6. The van der Waals surface area contributed by atoms with Crippen LogP contribution in [0.25, 0.3) is 0 Å². The van der Waals surface area contributed by atoms with Crippen LogP contribution < -0.4 is 5.73 Å². The van der Waals surface area contributed by atoms with E-state index >= 15 is 0 Å². The maximum Gasteiger partial charge on any atom is 0.0920 e. The van der Waals surface area contributed by atoms with Crippen LogP contribution in [0, 0.1) is 5.41 Å². The van der Waals surface area contributed by atoms with Crippen molar-refractivity contribution in [3.8, 4) is 0 Å². The smallest absolute Gasteiger partial charge is 0.0920 e. The highest BCUT2D eigenvalue weighted by atomic mass is 15.2. The summed E-state index contributed by atoms with van der Waals surface area (Å²) in [5.41, 5.74) is 5.40. The molecule has 0 aromatic heterocycles. The van der Waals surface area contributed by atoms with Gasteiger partial charge in [0.2, 0.25) is 0 Å². The molecule has 0 radical (unpaired) electrons. The zero-order chi connectivity index (χ0) is 9.84. The largest absolute Gasteiger partial charge is 0.388 e. The molecule has 0 aromatic rings. The Morgan fingerprint density at radius 1 is 1.62 bits per heavy atom. The SMILES string of the molecule is CCCN(C(C)CC(=N)N)C1CC1. The fraction of sp³-hybridized carbons (Fsp3) is 0.900. The van der Waals surface area contributed by atoms with Crippen molar-refractivity contribution < 1.29 is 0 Å². The molecule has 76 valence electrons. The van der Waals surface area contributed by atoms with E-state index in [-0.39, 0.29) is 0 Å². The summed E-state index contributed by atoms with van der Waals surface area (Å²) in [6.07, 6.45) is 4.58. The van der Waals surface area contributed by atoms with E-state index in [4.69, 9.17) is 11.1 Å². The normalized spacial score (nSPS) is 19.0. The van der Waals surface area contributed by atoms with Crippen molar-refractivity contribution in [3.63, 3.8) is 0 Å². The molecular weight excluding hydrogens is 162 g/mol. The third-order valence-corrected chi connectivity index (χ3v) is 2.58. The van der Waals surface area contributed by atoms with Crippen molar-refractivity contribution in [2.24, 2.45) is 5.73 Å². The summed E-state index contributed by atoms with van der Waals surface area (Å²) >= 11 is 0. The molecule has 3 heteroatoms. The molecule has 1 atom stereocenters. The summed E-state index contributed by atoms with van der Waals surface area (Å²) in [6, 6.07) is 1.24. The number of hydrogen-bond acceptors (Lipinski definition) is 2. The molecule has 0 spiro atoms. The minimum atomic E-state index is 0.314. The average Bonchev–Trinajstić information content (AvgIpc) is 2.81. The molecule has 3 nitrogen and oxygen atoms in total. The van der Waals surface area contributed by atoms with E-state index in [1.165, 1.54) is 19.3 Å². The number of hydrogen-bond donors (Lipinski definition) is 2. The van der Waals surface area contributed by atoms with E-state index < -0.39 is 0 Å². The van der Waals surface area contributed by atoms with Gasteiger partial charge in [0.25, 0.3) is 0 Å². The molecule has 0 aliphatic heterocycles. The zero-order valence-corrected chi connectivity index (χ0v) is 8.71. The fourth-order valence-corrected chi connectivity index (χ4v) is 1.86. The first-order valence-corrected chi connectivity index (χ1v) is 5.23. The van der Waals surface area contributed by atoms with Crippen LogP contribution in [0.1, 0.15) is 39.5 Å². The fourth-order valence-electron chi connectivity index (χ4n) is 1.86. The Morgan fingerprint density at radius 3 is 2.62 bits per heavy atom. The van der Waals surface area contributed by atoms with Crippen LogP contribution in [-0.2, 0) is 0 Å². The summed E-state index contributed by atoms with van der Waals surface area (Å²) in [7, 11) is 0. The first-order chi connectivity index (χ1) is 6.15. The Morgan fingerprint density at radius 2 is 2.23 bits per heavy atom. The number of amidine groups is 1. The monoisotopic (exact) mass is 183 g/mol. The van der Waals surface area contributed by atoms with Gasteiger partial charge in [0.15, 0.2) is 0 Å². The minimum Gasteiger partial charge on any atom is -0.388 e. The Labute approximate surface area is 80.8 Å². The van der Waals surface area contributed by atoms with Crippen LogP contribution in [0.5, 0.6) is 0 Å². The van der Waals surface area contributed by atoms with Crippen molar-refractivity contribution in [2.75, 3.05) is 6.54 Å². The van der Waals surface area contributed by atoms with Gasteiger partial charge >= 0.3 is 0 Å². The molecule has 1 saturated carbocycles. The summed E-state index contributed by atoms with van der Waals surface area (Å²) in [5, 5.41) is 7.26. The van der Waals surface area contributed by atoms with Gasteiger partial charge < -0.3 is 5.73 Å². The lowest BCUT2D eigenvalue weighted by Crippen LogP contribution is -2.38. The molecule has 1 aliphatic carbocycles. The number of nitrogens with two attached hydrogens (primary N) is 1. The number of nitrogens with one attached hydrogen (secondary N) is 1. The van der Waals surface area contributed by atoms with Crippen molar-refractivity contribution in [1.82, 2.24) is 4.90 Å². The van der Waals surface area contributed by atoms with Crippen LogP contribution in [0.3, 0.4) is 0 Å². The van der Waals surface area contributed by atoms with Gasteiger partial charge in [-0.15, -0.1) is 0 Å². The maximum atomic E-state index is 7.26. The summed E-state index contributed by atoms with van der Waals surface area (Å²) in [6.45, 7) is 5.53. The first-order valence-electron chi connectivity index (χ1n) is 5.23. The van der Waals surface area contributed by atoms with E-state index in [2.05, 4.69) is 18.7 Å². The van der Waals surface area contributed by atoms with E-state index in [1.54, 1.807) is 0 Å². The minimum absolute atomic E-state index is 0.314. The van der Waals surface area contributed by atoms with Gasteiger partial charge in [0.1, 0.15) is 0 Å². The van der Waals surface area contributed by atoms with Gasteiger partial charge in [0.05, 0.1) is 5.84 Å². The maximum absolute atomic E-state index is 7.26. The Bertz CT molecular complexity index is 175. The van der Waals surface area contributed by atoms with E-state index in [9.17, 15) is 0 Å². The highest BCUT2D eigenvalue weighted by Gasteiger charge is 2.31. The van der Waals surface area contributed by atoms with Crippen LogP contribution in [-0.4, -0.2) is 29.4 Å². The predicted molar refractivity (Wildman–Crippen MR) is 56.0 cm³/mol. The molecule has 1 aliphatic rings. The zero-order valence-electron chi connectivity index (χ0n) is 8.71. The van der Waals surface area contributed by atoms with Gasteiger partial charge in [-0.2, -0.15) is 0 Å². The lowest BCUT2D eigenvalue weighted by atomic mass is 10.2. The standard InChI is InChI=1S/C10H21N3/c1-3-6-13(9-4-5-9)8(2)7-10(11)12/h8-9H,3-7H2,1-2H3,(H3,11,12). The Balaban J connectivity index is 2.37. The predicted octanol–water partition coefficient (Wildman–Crippen LogP) is 1.58. The summed E-state index contributed by atoms with van der Waals surface area (Å²) < 4.78 is 0. The molecule has 13 heavy (non-hydrogen) atoms. The second-order valence-corrected chi connectivity index (χ2v) is 4.05. The summed E-state index contributed by atoms with van der Waals surface area (Å²) in [5.74, 6) is 0.314. The van der Waals surface area contributed by atoms with Crippen molar-refractivity contribution >= 4 is 5.84 Å². The molecule has 0 bridgehead atoms. The van der Waals surface area contributed by atoms with Crippen molar-refractivity contribution in [3.05, 3.63) is 0 Å². The molecular formula is C10H21N3. The highest BCUT2D eigenvalue weighted by molar-refractivity contribution is 5.77. The number of nitrogens with zero attached hydrogens (tertiary/aromatic N) is 1. The van der Waals surface area contributed by atoms with Crippen molar-refractivity contribution in [2.45, 2.75) is 51.6 Å². The Kier molecular flexibility index (Phi) is 3.72. The molecule has 1 unspecified atom stereocenters. The van der Waals surface area contributed by atoms with E-state index in [0.717, 1.165) is 19.0 Å². The lowest BCUT2D eigenvalue weighted by Gasteiger charge is -2.28. The van der Waals surface area contributed by atoms with Gasteiger partial charge in [-0.25, -0.2) is 0 Å². The quantitative estimate of drug-likeness (QED) is 0.485. The topological polar surface area (TPSA) is 53.1 Å². The van der Waals surface area contributed by atoms with Crippen LogP contribution in [0.4, 0.5) is 0 Å². The molecule has 0 heterocycles. The van der Waals surface area contributed by atoms with E-state index in [0.29, 0.717) is 11.9 Å². The highest BCUT2D eigenvalue weighted by Crippen LogP contribution is 2.29. The van der Waals surface area contributed by atoms with Gasteiger partial charge in [-0.05, 0) is 32.7 Å². The van der Waals surface area contributed by atoms with Gasteiger partial charge in [0, 0.05) is 18.5 Å². The Hall–Kier alpha value is -0.570. The van der Waals surface area contributed by atoms with Crippen LogP contribution in [0.2, 0.25) is 0 Å². The molecule has 0 saturated heterocycles. The molecule has 3 N–H and O–H groups in total. The van der Waals surface area contributed by atoms with Gasteiger partial charge in [-0.3, -0.25) is 10.3 Å². The van der Waals surface area contributed by atoms with Crippen molar-refractivity contribution in [1.29, 1.82) is 5.41 Å². The molecule has 0 amide bonds. The molecule has 1 fully saturated rings. The third-order valence-electron chi connectivity index (χ3n) is 2.58. The van der Waals surface area contributed by atoms with Crippen LogP contribution in [0.15, 0.2) is 0 Å². The third kappa shape index (κ3) is 3.35. The lowest BCUT2D eigenvalue weighted by molar-refractivity contribution is 0.202. The first kappa shape index (κ1) is 10.5. The van der Waals surface area contributed by atoms with Gasteiger partial charge in [-0.1, -0.05) is 6.92 Å². The van der Waals surface area contributed by atoms with Crippen LogP contribution >= 0.6 is 0 Å². The second-order valence-electron chi connectivity index (χ2n) is 4.05. The molecule has 1 rings (SSSR count).